The highest BCUT2D eigenvalue weighted by atomic mass is 32.2. The standard InChI is InChI=1S/C17H18FNO8S/c1-8-2-3-9(7-19-8)11-6-10(4-5-12(11)18)26-16-14(21)13(20)15(22)17(27-16)28(23,24)25/h2-7,13-17,20-22H,1H3,(H,23,24,25)/t13-,14-,15+,16-,17?/m1/s1. The highest BCUT2D eigenvalue weighted by Gasteiger charge is 2.50. The average Bonchev–Trinajstić information content (AvgIpc) is 2.63. The Morgan fingerprint density at radius 1 is 1.11 bits per heavy atom. The Morgan fingerprint density at radius 2 is 1.82 bits per heavy atom. The van der Waals surface area contributed by atoms with Gasteiger partial charge in [-0.3, -0.25) is 9.54 Å². The van der Waals surface area contributed by atoms with Crippen molar-refractivity contribution in [3.8, 4) is 16.9 Å². The van der Waals surface area contributed by atoms with Gasteiger partial charge in [0.2, 0.25) is 11.7 Å². The van der Waals surface area contributed by atoms with Gasteiger partial charge in [-0.05, 0) is 31.2 Å². The van der Waals surface area contributed by atoms with Crippen LogP contribution >= 0.6 is 0 Å². The van der Waals surface area contributed by atoms with Crippen molar-refractivity contribution in [3.05, 3.63) is 48.0 Å². The van der Waals surface area contributed by atoms with Crippen LogP contribution in [0, 0.1) is 12.7 Å². The van der Waals surface area contributed by atoms with Crippen LogP contribution in [0.4, 0.5) is 4.39 Å². The van der Waals surface area contributed by atoms with Crippen LogP contribution in [0.15, 0.2) is 36.5 Å². The van der Waals surface area contributed by atoms with E-state index < -0.39 is 46.0 Å². The summed E-state index contributed by atoms with van der Waals surface area (Å²) in [6, 6.07) is 6.90. The van der Waals surface area contributed by atoms with Crippen molar-refractivity contribution in [2.24, 2.45) is 0 Å². The summed E-state index contributed by atoms with van der Waals surface area (Å²) < 4.78 is 56.2. The lowest BCUT2D eigenvalue weighted by Gasteiger charge is -2.38. The fourth-order valence-electron chi connectivity index (χ4n) is 2.72. The lowest BCUT2D eigenvalue weighted by atomic mass is 10.0. The van der Waals surface area contributed by atoms with Crippen LogP contribution < -0.4 is 4.74 Å². The fraction of sp³-hybridized carbons (Fsp3) is 0.353. The molecule has 0 aliphatic carbocycles. The van der Waals surface area contributed by atoms with Gasteiger partial charge in [0, 0.05) is 23.0 Å². The van der Waals surface area contributed by atoms with E-state index in [0.29, 0.717) is 5.56 Å². The van der Waals surface area contributed by atoms with Gasteiger partial charge in [-0.1, -0.05) is 6.07 Å². The highest BCUT2D eigenvalue weighted by Crippen LogP contribution is 2.30. The molecule has 1 aromatic heterocycles. The summed E-state index contributed by atoms with van der Waals surface area (Å²) >= 11 is 0. The number of halogens is 1. The number of aromatic nitrogens is 1. The van der Waals surface area contributed by atoms with Crippen molar-refractivity contribution in [3.63, 3.8) is 0 Å². The number of pyridine rings is 1. The Kier molecular flexibility index (Phi) is 5.66. The molecule has 0 bridgehead atoms. The molecule has 1 fully saturated rings. The zero-order valence-corrected chi connectivity index (χ0v) is 15.3. The van der Waals surface area contributed by atoms with Crippen molar-refractivity contribution in [1.82, 2.24) is 4.98 Å². The molecule has 1 saturated heterocycles. The van der Waals surface area contributed by atoms with Crippen molar-refractivity contribution >= 4 is 10.1 Å². The van der Waals surface area contributed by atoms with Gasteiger partial charge in [-0.25, -0.2) is 4.39 Å². The van der Waals surface area contributed by atoms with Gasteiger partial charge >= 0.3 is 0 Å². The minimum atomic E-state index is -4.91. The smallest absolute Gasteiger partial charge is 0.295 e. The average molecular weight is 415 g/mol. The van der Waals surface area contributed by atoms with E-state index in [9.17, 15) is 28.1 Å². The van der Waals surface area contributed by atoms with Crippen molar-refractivity contribution in [2.45, 2.75) is 37.0 Å². The quantitative estimate of drug-likeness (QED) is 0.515. The molecule has 1 aliphatic rings. The van der Waals surface area contributed by atoms with Crippen molar-refractivity contribution < 1.29 is 42.2 Å². The molecule has 1 aromatic carbocycles. The molecule has 2 aromatic rings. The molecular weight excluding hydrogens is 397 g/mol. The number of nitrogens with zero attached hydrogens (tertiary/aromatic N) is 1. The van der Waals surface area contributed by atoms with Gasteiger partial charge in [-0.2, -0.15) is 8.42 Å². The Bertz CT molecular complexity index is 952. The first-order chi connectivity index (χ1) is 13.1. The van der Waals surface area contributed by atoms with Crippen molar-refractivity contribution in [2.75, 3.05) is 0 Å². The third kappa shape index (κ3) is 4.14. The normalized spacial score (nSPS) is 28.1. The number of hydrogen-bond donors (Lipinski definition) is 4. The first-order valence-corrected chi connectivity index (χ1v) is 9.63. The van der Waals surface area contributed by atoms with Crippen LogP contribution in [0.2, 0.25) is 0 Å². The molecule has 3 rings (SSSR count). The molecule has 9 nitrogen and oxygen atoms in total. The van der Waals surface area contributed by atoms with Gasteiger partial charge in [0.15, 0.2) is 0 Å². The summed E-state index contributed by atoms with van der Waals surface area (Å²) in [6.45, 7) is 1.77. The van der Waals surface area contributed by atoms with Crippen LogP contribution in [-0.2, 0) is 14.9 Å². The number of benzene rings is 1. The number of hydrogen-bond acceptors (Lipinski definition) is 8. The number of aliphatic hydroxyl groups excluding tert-OH is 3. The summed E-state index contributed by atoms with van der Waals surface area (Å²) in [4.78, 5) is 4.08. The van der Waals surface area contributed by atoms with E-state index in [1.54, 1.807) is 19.1 Å². The van der Waals surface area contributed by atoms with Crippen LogP contribution in [0.1, 0.15) is 5.69 Å². The van der Waals surface area contributed by atoms with E-state index in [-0.39, 0.29) is 11.3 Å². The maximum Gasteiger partial charge on any atom is 0.295 e. The first-order valence-electron chi connectivity index (χ1n) is 8.13. The Balaban J connectivity index is 1.88. The summed E-state index contributed by atoms with van der Waals surface area (Å²) in [7, 11) is -4.91. The molecule has 0 radical (unpaired) electrons. The monoisotopic (exact) mass is 415 g/mol. The second-order valence-electron chi connectivity index (χ2n) is 6.31. The lowest BCUT2D eigenvalue weighted by Crippen LogP contribution is -2.61. The molecule has 28 heavy (non-hydrogen) atoms. The van der Waals surface area contributed by atoms with Gasteiger partial charge < -0.3 is 24.8 Å². The van der Waals surface area contributed by atoms with E-state index in [1.165, 1.54) is 18.3 Å². The molecule has 2 heterocycles. The molecule has 1 aliphatic heterocycles. The molecule has 0 spiro atoms. The van der Waals surface area contributed by atoms with Crippen LogP contribution in [0.25, 0.3) is 11.1 Å². The third-order valence-corrected chi connectivity index (χ3v) is 5.21. The molecule has 0 saturated carbocycles. The van der Waals surface area contributed by atoms with E-state index in [1.807, 2.05) is 0 Å². The molecule has 11 heteroatoms. The molecule has 152 valence electrons. The number of ether oxygens (including phenoxy) is 2. The SMILES string of the molecule is Cc1ccc(-c2cc(O[C@@H]3OC(S(=O)(=O)O)[C@@H](O)[C@H](O)[C@H]3O)ccc2F)cn1. The topological polar surface area (TPSA) is 146 Å². The summed E-state index contributed by atoms with van der Waals surface area (Å²) in [5, 5.41) is 29.5. The second-order valence-corrected chi connectivity index (χ2v) is 7.80. The zero-order valence-electron chi connectivity index (χ0n) is 14.5. The van der Waals surface area contributed by atoms with E-state index in [4.69, 9.17) is 14.0 Å². The minimum Gasteiger partial charge on any atom is -0.462 e. The van der Waals surface area contributed by atoms with Gasteiger partial charge in [0.05, 0.1) is 0 Å². The highest BCUT2D eigenvalue weighted by molar-refractivity contribution is 7.86. The largest absolute Gasteiger partial charge is 0.462 e. The molecule has 0 amide bonds. The van der Waals surface area contributed by atoms with E-state index >= 15 is 0 Å². The first kappa shape index (κ1) is 20.6. The van der Waals surface area contributed by atoms with Crippen LogP contribution in [0.3, 0.4) is 0 Å². The van der Waals surface area contributed by atoms with Gasteiger partial charge in [0.1, 0.15) is 29.9 Å². The Morgan fingerprint density at radius 3 is 2.43 bits per heavy atom. The minimum absolute atomic E-state index is 0.0151. The van der Waals surface area contributed by atoms with Crippen LogP contribution in [0.5, 0.6) is 5.75 Å². The maximum absolute atomic E-state index is 14.2. The van der Waals surface area contributed by atoms with E-state index in [2.05, 4.69) is 4.98 Å². The second kappa shape index (κ2) is 7.70. The lowest BCUT2D eigenvalue weighted by molar-refractivity contribution is -0.254. The number of aliphatic hydroxyl groups is 3. The Hall–Kier alpha value is -2.15. The maximum atomic E-state index is 14.2. The van der Waals surface area contributed by atoms with Crippen LogP contribution in [-0.4, -0.2) is 63.3 Å². The molecule has 4 N–H and O–H groups in total. The Labute approximate surface area is 159 Å². The number of aryl methyl sites for hydroxylation is 1. The molecule has 5 atom stereocenters. The van der Waals surface area contributed by atoms with Crippen molar-refractivity contribution in [1.29, 1.82) is 0 Å². The fourth-order valence-corrected chi connectivity index (χ4v) is 3.48. The zero-order chi connectivity index (χ0) is 20.6. The summed E-state index contributed by atoms with van der Waals surface area (Å²) in [6.07, 6.45) is -6.18. The number of rotatable bonds is 4. The molecular formula is C17H18FNO8S. The predicted octanol–water partition coefficient (Wildman–Crippen LogP) is 0.228. The molecule has 1 unspecified atom stereocenters. The van der Waals surface area contributed by atoms with E-state index in [0.717, 1.165) is 11.8 Å². The predicted molar refractivity (Wildman–Crippen MR) is 93.2 cm³/mol. The van der Waals surface area contributed by atoms with Gasteiger partial charge in [0.25, 0.3) is 10.1 Å². The summed E-state index contributed by atoms with van der Waals surface area (Å²) in [5.74, 6) is -0.590. The summed E-state index contributed by atoms with van der Waals surface area (Å²) in [5.41, 5.74) is -0.914. The third-order valence-electron chi connectivity index (χ3n) is 4.23. The van der Waals surface area contributed by atoms with Gasteiger partial charge in [-0.15, -0.1) is 0 Å².